The fraction of sp³-hybridized carbons (Fsp3) is 0.471. The van der Waals surface area contributed by atoms with Gasteiger partial charge in [0.25, 0.3) is 0 Å². The Labute approximate surface area is 268 Å². The number of pyridine rings is 1. The molecule has 13 heteroatoms. The van der Waals surface area contributed by atoms with E-state index in [2.05, 4.69) is 26.3 Å². The van der Waals surface area contributed by atoms with Gasteiger partial charge in [0.2, 0.25) is 0 Å². The first-order valence-electron chi connectivity index (χ1n) is 16.1. The average molecular weight is 648 g/mol. The van der Waals surface area contributed by atoms with Gasteiger partial charge < -0.3 is 20.1 Å². The normalized spacial score (nSPS) is 27.3. The van der Waals surface area contributed by atoms with Crippen LogP contribution in [0.4, 0.5) is 23.4 Å². The molecule has 0 saturated carbocycles. The summed E-state index contributed by atoms with van der Waals surface area (Å²) in [4.78, 5) is 17.7. The largest absolute Gasteiger partial charge is 0.508 e. The fourth-order valence-electron chi connectivity index (χ4n) is 8.33. The van der Waals surface area contributed by atoms with E-state index < -0.39 is 40.4 Å². The predicted octanol–water partition coefficient (Wildman–Crippen LogP) is 5.39. The lowest BCUT2D eigenvalue weighted by atomic mass is 9.93. The highest BCUT2D eigenvalue weighted by molar-refractivity contribution is 5.99. The van der Waals surface area contributed by atoms with Crippen LogP contribution in [0.15, 0.2) is 30.5 Å². The standard InChI is InChI=1S/C34H33F4N7O2/c35-20-12-34(7-1-9-45(34)15-20)17-47-33-42-30-24(32(43-33)44-14-18(6-8-39)26-5-2-21(16-44)41-26)13-40-31(29(30)38)27-23-4-3-22(46)10-19(23)11-25(36)28(27)37/h3-4,10-11,13,18,20-21,26,41,46H,1-2,5-7,9,12,14-17H2/t18?,20-,21?,26?,34+/m1/s1. The van der Waals surface area contributed by atoms with Gasteiger partial charge >= 0.3 is 6.01 Å². The van der Waals surface area contributed by atoms with Gasteiger partial charge in [0.15, 0.2) is 17.5 Å². The minimum absolute atomic E-state index is 0.00551. The third kappa shape index (κ3) is 5.09. The maximum absolute atomic E-state index is 16.8. The van der Waals surface area contributed by atoms with Crippen molar-refractivity contribution in [1.82, 2.24) is 25.2 Å². The molecular weight excluding hydrogens is 614 g/mol. The lowest BCUT2D eigenvalue weighted by Gasteiger charge is -2.32. The SMILES string of the molecule is N#CCC1CN(c2nc(OC[C@@]34CCCN3C[C@H](F)C4)nc3c(F)c(-c4c(F)c(F)cc5cc(O)ccc45)ncc23)CC2CCC1N2. The van der Waals surface area contributed by atoms with Crippen LogP contribution in [0.5, 0.6) is 11.8 Å². The van der Waals surface area contributed by atoms with Crippen LogP contribution in [0.2, 0.25) is 0 Å². The number of hydrogen-bond acceptors (Lipinski definition) is 9. The number of fused-ring (bicyclic) bond motifs is 5. The molecule has 244 valence electrons. The van der Waals surface area contributed by atoms with E-state index in [9.17, 15) is 19.1 Å². The maximum Gasteiger partial charge on any atom is 0.319 e. The fourth-order valence-corrected chi connectivity index (χ4v) is 8.33. The Morgan fingerprint density at radius 2 is 1.96 bits per heavy atom. The zero-order valence-corrected chi connectivity index (χ0v) is 25.5. The van der Waals surface area contributed by atoms with Crippen LogP contribution in [-0.4, -0.2) is 81.5 Å². The first kappa shape index (κ1) is 30.1. The summed E-state index contributed by atoms with van der Waals surface area (Å²) in [5, 5.41) is 23.8. The van der Waals surface area contributed by atoms with E-state index in [0.717, 1.165) is 38.3 Å². The van der Waals surface area contributed by atoms with Gasteiger partial charge in [0.05, 0.1) is 17.0 Å². The number of nitrogens with zero attached hydrogens (tertiary/aromatic N) is 6. The van der Waals surface area contributed by atoms with E-state index >= 15 is 8.78 Å². The Morgan fingerprint density at radius 1 is 1.09 bits per heavy atom. The number of aromatic nitrogens is 3. The molecule has 3 unspecified atom stereocenters. The van der Waals surface area contributed by atoms with Crippen LogP contribution in [0.3, 0.4) is 0 Å². The molecule has 4 aliphatic heterocycles. The summed E-state index contributed by atoms with van der Waals surface area (Å²) in [5.74, 6) is -3.28. The summed E-state index contributed by atoms with van der Waals surface area (Å²) in [5.41, 5.74) is -1.52. The molecule has 5 atom stereocenters. The minimum Gasteiger partial charge on any atom is -0.508 e. The zero-order valence-electron chi connectivity index (χ0n) is 25.5. The van der Waals surface area contributed by atoms with Crippen molar-refractivity contribution in [2.75, 3.05) is 37.7 Å². The second kappa shape index (κ2) is 11.5. The number of aromatic hydroxyl groups is 1. The number of phenols is 1. The summed E-state index contributed by atoms with van der Waals surface area (Å²) in [6.45, 7) is 2.25. The second-order valence-corrected chi connectivity index (χ2v) is 13.4. The highest BCUT2D eigenvalue weighted by Crippen LogP contribution is 2.42. The molecule has 2 N–H and O–H groups in total. The van der Waals surface area contributed by atoms with Crippen LogP contribution in [0.1, 0.15) is 38.5 Å². The summed E-state index contributed by atoms with van der Waals surface area (Å²) in [7, 11) is 0. The van der Waals surface area contributed by atoms with E-state index in [0.29, 0.717) is 38.3 Å². The second-order valence-electron chi connectivity index (χ2n) is 13.4. The number of anilines is 1. The molecule has 0 radical (unpaired) electrons. The molecule has 4 fully saturated rings. The molecule has 9 nitrogen and oxygen atoms in total. The van der Waals surface area contributed by atoms with Gasteiger partial charge in [-0.1, -0.05) is 0 Å². The molecule has 2 bridgehead atoms. The Morgan fingerprint density at radius 3 is 2.81 bits per heavy atom. The molecule has 2 aromatic carbocycles. The molecule has 0 aliphatic carbocycles. The molecule has 2 aromatic heterocycles. The lowest BCUT2D eigenvalue weighted by Crippen LogP contribution is -2.43. The van der Waals surface area contributed by atoms with Gasteiger partial charge in [-0.15, -0.1) is 0 Å². The molecular formula is C34H33F4N7O2. The molecule has 8 rings (SSSR count). The molecule has 47 heavy (non-hydrogen) atoms. The number of nitrogens with one attached hydrogen (secondary N) is 1. The number of halogens is 4. The Bertz CT molecular complexity index is 1940. The smallest absolute Gasteiger partial charge is 0.319 e. The Hall–Kier alpha value is -4.28. The molecule has 6 heterocycles. The van der Waals surface area contributed by atoms with Crippen LogP contribution >= 0.6 is 0 Å². The minimum atomic E-state index is -1.28. The molecule has 4 aliphatic rings. The van der Waals surface area contributed by atoms with Gasteiger partial charge in [-0.05, 0) is 67.3 Å². The van der Waals surface area contributed by atoms with Gasteiger partial charge in [-0.2, -0.15) is 15.2 Å². The average Bonchev–Trinajstić information content (AvgIpc) is 3.71. The number of rotatable bonds is 6. The van der Waals surface area contributed by atoms with E-state index in [4.69, 9.17) is 9.72 Å². The maximum atomic E-state index is 16.8. The van der Waals surface area contributed by atoms with Crippen molar-refractivity contribution in [1.29, 1.82) is 5.26 Å². The van der Waals surface area contributed by atoms with E-state index in [1.807, 2.05) is 4.90 Å². The van der Waals surface area contributed by atoms with Crippen molar-refractivity contribution in [3.8, 4) is 29.1 Å². The predicted molar refractivity (Wildman–Crippen MR) is 166 cm³/mol. The monoisotopic (exact) mass is 647 g/mol. The van der Waals surface area contributed by atoms with Crippen molar-refractivity contribution in [3.63, 3.8) is 0 Å². The van der Waals surface area contributed by atoms with E-state index in [-0.39, 0.29) is 58.0 Å². The first-order valence-corrected chi connectivity index (χ1v) is 16.1. The van der Waals surface area contributed by atoms with Crippen molar-refractivity contribution in [3.05, 3.63) is 47.9 Å². The highest BCUT2D eigenvalue weighted by atomic mass is 19.2. The number of benzene rings is 2. The van der Waals surface area contributed by atoms with Crippen molar-refractivity contribution in [2.24, 2.45) is 5.92 Å². The van der Waals surface area contributed by atoms with Gasteiger partial charge in [-0.3, -0.25) is 9.88 Å². The van der Waals surface area contributed by atoms with Crippen molar-refractivity contribution >= 4 is 27.5 Å². The summed E-state index contributed by atoms with van der Waals surface area (Å²) in [6.07, 6.45) is 4.60. The molecule has 0 amide bonds. The number of hydrogen-bond donors (Lipinski definition) is 2. The highest BCUT2D eigenvalue weighted by Gasteiger charge is 2.49. The van der Waals surface area contributed by atoms with Gasteiger partial charge in [0.1, 0.15) is 35.6 Å². The first-order chi connectivity index (χ1) is 22.7. The summed E-state index contributed by atoms with van der Waals surface area (Å²) >= 11 is 0. The topological polar surface area (TPSA) is 110 Å². The van der Waals surface area contributed by atoms with Crippen molar-refractivity contribution in [2.45, 2.75) is 62.3 Å². The van der Waals surface area contributed by atoms with Crippen LogP contribution in [0, 0.1) is 34.7 Å². The number of alkyl halides is 1. The van der Waals surface area contributed by atoms with E-state index in [1.54, 1.807) is 0 Å². The van der Waals surface area contributed by atoms with Gasteiger partial charge in [-0.25, -0.2) is 17.6 Å². The number of nitriles is 1. The Balaban J connectivity index is 1.27. The van der Waals surface area contributed by atoms with Crippen LogP contribution in [-0.2, 0) is 0 Å². The molecule has 4 saturated heterocycles. The van der Waals surface area contributed by atoms with Crippen molar-refractivity contribution < 1.29 is 27.4 Å². The third-order valence-electron chi connectivity index (χ3n) is 10.5. The number of phenolic OH excluding ortho intramolecular Hbond substituents is 1. The quantitative estimate of drug-likeness (QED) is 0.266. The summed E-state index contributed by atoms with van der Waals surface area (Å²) in [6, 6.07) is 7.38. The molecule has 4 aromatic rings. The number of ether oxygens (including phenoxy) is 1. The zero-order chi connectivity index (χ0) is 32.4. The van der Waals surface area contributed by atoms with E-state index in [1.165, 1.54) is 24.4 Å². The summed E-state index contributed by atoms with van der Waals surface area (Å²) < 4.78 is 67.7. The van der Waals surface area contributed by atoms with Gasteiger partial charge in [0, 0.05) is 62.2 Å². The molecule has 0 spiro atoms. The Kier molecular flexibility index (Phi) is 7.33. The van der Waals surface area contributed by atoms with Crippen LogP contribution < -0.4 is 15.0 Å². The van der Waals surface area contributed by atoms with Crippen LogP contribution in [0.25, 0.3) is 32.9 Å². The lowest BCUT2D eigenvalue weighted by molar-refractivity contribution is 0.107. The third-order valence-corrected chi connectivity index (χ3v) is 10.5.